The summed E-state index contributed by atoms with van der Waals surface area (Å²) in [5.41, 5.74) is 0. The molecule has 1 atom stereocenters. The Bertz CT molecular complexity index is 401. The molecule has 7 heteroatoms. The molecule has 0 N–H and O–H groups in total. The number of aromatic nitrogens is 4. The van der Waals surface area contributed by atoms with E-state index in [1.807, 2.05) is 6.92 Å². The fourth-order valence-corrected chi connectivity index (χ4v) is 1.43. The molecule has 5 nitrogen and oxygen atoms in total. The summed E-state index contributed by atoms with van der Waals surface area (Å²) >= 11 is 7.16. The highest BCUT2D eigenvalue weighted by atomic mass is 35.5. The number of halogens is 1. The monoisotopic (exact) mass is 230 g/mol. The highest BCUT2D eigenvalue weighted by Gasteiger charge is 2.15. The predicted molar refractivity (Wildman–Crippen MR) is 52.1 cm³/mol. The van der Waals surface area contributed by atoms with Crippen molar-refractivity contribution >= 4 is 23.1 Å². The summed E-state index contributed by atoms with van der Waals surface area (Å²) in [6.07, 6.45) is 2.35. The zero-order chi connectivity index (χ0) is 9.97. The average molecular weight is 231 g/mol. The molecule has 0 amide bonds. The first kappa shape index (κ1) is 9.54. The number of hydrogen-bond acceptors (Lipinski definition) is 6. The topological polar surface area (TPSA) is 64.7 Å². The van der Waals surface area contributed by atoms with Crippen LogP contribution in [0.15, 0.2) is 10.7 Å². The van der Waals surface area contributed by atoms with Crippen molar-refractivity contribution in [2.24, 2.45) is 0 Å². The van der Waals surface area contributed by atoms with Crippen LogP contribution < -0.4 is 0 Å². The highest BCUT2D eigenvalue weighted by Crippen LogP contribution is 2.25. The molecule has 0 saturated carbocycles. The zero-order valence-electron chi connectivity index (χ0n) is 7.35. The minimum atomic E-state index is -0.201. The molecule has 14 heavy (non-hydrogen) atoms. The molecule has 1 unspecified atom stereocenters. The molecule has 2 aromatic heterocycles. The average Bonchev–Trinajstić information content (AvgIpc) is 2.86. The maximum atomic E-state index is 5.95. The molecule has 74 valence electrons. The summed E-state index contributed by atoms with van der Waals surface area (Å²) in [4.78, 5) is 4.90. The molecule has 0 saturated heterocycles. The molecule has 2 heterocycles. The third-order valence-corrected chi connectivity index (χ3v) is 2.81. The van der Waals surface area contributed by atoms with E-state index < -0.39 is 0 Å². The van der Waals surface area contributed by atoms with E-state index in [4.69, 9.17) is 16.1 Å². The number of rotatable bonds is 3. The summed E-state index contributed by atoms with van der Waals surface area (Å²) in [5, 5.41) is 7.26. The smallest absolute Gasteiger partial charge is 0.271 e. The first-order valence-electron chi connectivity index (χ1n) is 4.06. The van der Waals surface area contributed by atoms with Crippen molar-refractivity contribution < 1.29 is 4.52 Å². The van der Waals surface area contributed by atoms with Crippen molar-refractivity contribution in [2.75, 3.05) is 0 Å². The first-order chi connectivity index (χ1) is 6.81. The van der Waals surface area contributed by atoms with Crippen molar-refractivity contribution in [3.63, 3.8) is 0 Å². The molecule has 0 aliphatic rings. The van der Waals surface area contributed by atoms with Gasteiger partial charge in [-0.1, -0.05) is 16.6 Å². The Morgan fingerprint density at radius 2 is 2.50 bits per heavy atom. The van der Waals surface area contributed by atoms with Crippen LogP contribution in [0, 0.1) is 0 Å². The predicted octanol–water partition coefficient (Wildman–Crippen LogP) is 2.28. The summed E-state index contributed by atoms with van der Waals surface area (Å²) in [5.74, 6) is 0.937. The van der Waals surface area contributed by atoms with Crippen LogP contribution >= 0.6 is 23.1 Å². The van der Waals surface area contributed by atoms with Gasteiger partial charge < -0.3 is 4.52 Å². The van der Waals surface area contributed by atoms with Gasteiger partial charge in [0.15, 0.2) is 5.82 Å². The Morgan fingerprint density at radius 1 is 1.64 bits per heavy atom. The van der Waals surface area contributed by atoms with Crippen LogP contribution in [0.1, 0.15) is 24.5 Å². The Balaban J connectivity index is 2.26. The minimum absolute atomic E-state index is 0.201. The van der Waals surface area contributed by atoms with Gasteiger partial charge in [-0.05, 0) is 18.0 Å². The highest BCUT2D eigenvalue weighted by molar-refractivity contribution is 7.09. The summed E-state index contributed by atoms with van der Waals surface area (Å²) < 4.78 is 8.72. The summed E-state index contributed by atoms with van der Waals surface area (Å²) in [7, 11) is 0. The molecule has 0 aromatic carbocycles. The van der Waals surface area contributed by atoms with Crippen LogP contribution in [0.4, 0.5) is 0 Å². The van der Waals surface area contributed by atoms with E-state index in [0.29, 0.717) is 11.7 Å². The zero-order valence-corrected chi connectivity index (χ0v) is 8.92. The van der Waals surface area contributed by atoms with E-state index >= 15 is 0 Å². The van der Waals surface area contributed by atoms with E-state index in [-0.39, 0.29) is 5.38 Å². The second kappa shape index (κ2) is 4.02. The fourth-order valence-electron chi connectivity index (χ4n) is 0.906. The van der Waals surface area contributed by atoms with Gasteiger partial charge in [-0.25, -0.2) is 0 Å². The van der Waals surface area contributed by atoms with E-state index in [2.05, 4.69) is 19.7 Å². The van der Waals surface area contributed by atoms with Crippen molar-refractivity contribution in [2.45, 2.75) is 18.7 Å². The molecule has 2 aromatic rings. The third kappa shape index (κ3) is 1.76. The minimum Gasteiger partial charge on any atom is -0.333 e. The van der Waals surface area contributed by atoms with E-state index in [1.54, 1.807) is 6.20 Å². The molecule has 0 radical (unpaired) electrons. The SMILES string of the molecule is CCC(Cl)c1noc(-c2cnns2)n1. The Morgan fingerprint density at radius 3 is 3.14 bits per heavy atom. The summed E-state index contributed by atoms with van der Waals surface area (Å²) in [6, 6.07) is 0. The van der Waals surface area contributed by atoms with E-state index in [1.165, 1.54) is 11.5 Å². The maximum absolute atomic E-state index is 5.95. The molecule has 0 aliphatic carbocycles. The van der Waals surface area contributed by atoms with Crippen LogP contribution in [0.3, 0.4) is 0 Å². The molecule has 2 rings (SSSR count). The lowest BCUT2D eigenvalue weighted by molar-refractivity contribution is 0.422. The van der Waals surface area contributed by atoms with Gasteiger partial charge in [0.2, 0.25) is 0 Å². The molecule has 0 aliphatic heterocycles. The van der Waals surface area contributed by atoms with Gasteiger partial charge in [0.05, 0.1) is 11.6 Å². The number of nitrogens with zero attached hydrogens (tertiary/aromatic N) is 4. The van der Waals surface area contributed by atoms with Gasteiger partial charge in [0.1, 0.15) is 4.88 Å². The Kier molecular flexibility index (Phi) is 2.74. The van der Waals surface area contributed by atoms with Gasteiger partial charge >= 0.3 is 0 Å². The van der Waals surface area contributed by atoms with Crippen LogP contribution in [0.25, 0.3) is 10.8 Å². The van der Waals surface area contributed by atoms with Crippen molar-refractivity contribution in [1.29, 1.82) is 0 Å². The van der Waals surface area contributed by atoms with Crippen molar-refractivity contribution in [3.05, 3.63) is 12.0 Å². The van der Waals surface area contributed by atoms with Crippen LogP contribution in [-0.2, 0) is 0 Å². The van der Waals surface area contributed by atoms with E-state index in [0.717, 1.165) is 11.3 Å². The van der Waals surface area contributed by atoms with Crippen LogP contribution in [-0.4, -0.2) is 19.7 Å². The van der Waals surface area contributed by atoms with Gasteiger partial charge in [-0.15, -0.1) is 16.7 Å². The van der Waals surface area contributed by atoms with Crippen LogP contribution in [0.5, 0.6) is 0 Å². The fraction of sp³-hybridized carbons (Fsp3) is 0.429. The maximum Gasteiger partial charge on any atom is 0.271 e. The first-order valence-corrected chi connectivity index (χ1v) is 5.27. The summed E-state index contributed by atoms with van der Waals surface area (Å²) in [6.45, 7) is 1.96. The van der Waals surface area contributed by atoms with Crippen molar-refractivity contribution in [1.82, 2.24) is 19.7 Å². The van der Waals surface area contributed by atoms with Gasteiger partial charge in [-0.2, -0.15) is 4.98 Å². The Hall–Kier alpha value is -1.01. The quantitative estimate of drug-likeness (QED) is 0.757. The largest absolute Gasteiger partial charge is 0.333 e. The molecular formula is C7H7ClN4OS. The Labute approximate surface area is 89.3 Å². The lowest BCUT2D eigenvalue weighted by Gasteiger charge is -1.95. The number of hydrogen-bond donors (Lipinski definition) is 0. The molecule has 0 spiro atoms. The molecule has 0 fully saturated rings. The van der Waals surface area contributed by atoms with E-state index in [9.17, 15) is 0 Å². The van der Waals surface area contributed by atoms with Gasteiger partial charge in [-0.3, -0.25) is 0 Å². The second-order valence-electron chi connectivity index (χ2n) is 2.62. The standard InChI is InChI=1S/C7H7ClN4OS/c1-2-4(8)6-10-7(13-11-6)5-3-9-12-14-5/h3-4H,2H2,1H3. The second-order valence-corrected chi connectivity index (χ2v) is 3.93. The normalized spacial score (nSPS) is 13.0. The van der Waals surface area contributed by atoms with Crippen LogP contribution in [0.2, 0.25) is 0 Å². The molecular weight excluding hydrogens is 224 g/mol. The van der Waals surface area contributed by atoms with Gasteiger partial charge in [0.25, 0.3) is 5.89 Å². The van der Waals surface area contributed by atoms with Crippen molar-refractivity contribution in [3.8, 4) is 10.8 Å². The lowest BCUT2D eigenvalue weighted by Crippen LogP contribution is -1.90. The lowest BCUT2D eigenvalue weighted by atomic mass is 10.3. The third-order valence-electron chi connectivity index (χ3n) is 1.65. The van der Waals surface area contributed by atoms with Gasteiger partial charge in [0, 0.05) is 0 Å². The molecule has 0 bridgehead atoms. The number of alkyl halides is 1.